The Morgan fingerprint density at radius 2 is 1.83 bits per heavy atom. The van der Waals surface area contributed by atoms with Crippen LogP contribution in [0.2, 0.25) is 0 Å². The molecule has 0 aliphatic rings. The van der Waals surface area contributed by atoms with Crippen LogP contribution < -0.4 is 11.1 Å². The van der Waals surface area contributed by atoms with Gasteiger partial charge in [-0.3, -0.25) is 4.79 Å². The van der Waals surface area contributed by atoms with Crippen LogP contribution in [0.4, 0.5) is 10.5 Å². The van der Waals surface area contributed by atoms with Crippen LogP contribution in [0, 0.1) is 6.92 Å². The van der Waals surface area contributed by atoms with Crippen LogP contribution in [0.15, 0.2) is 48.5 Å². The van der Waals surface area contributed by atoms with Gasteiger partial charge in [0.05, 0.1) is 0 Å². The van der Waals surface area contributed by atoms with Gasteiger partial charge in [0.25, 0.3) is 0 Å². The van der Waals surface area contributed by atoms with Gasteiger partial charge in [-0.25, -0.2) is 4.79 Å². The van der Waals surface area contributed by atoms with Gasteiger partial charge >= 0.3 is 6.03 Å². The minimum Gasteiger partial charge on any atom is -0.366 e. The molecule has 0 saturated heterocycles. The number of urea groups is 1. The van der Waals surface area contributed by atoms with E-state index >= 15 is 0 Å². The van der Waals surface area contributed by atoms with Crippen molar-refractivity contribution in [2.24, 2.45) is 5.73 Å². The number of aryl methyl sites for hydroxylation is 1. The molecule has 2 aromatic rings. The second kappa shape index (κ2) is 8.15. The Balaban J connectivity index is 2.13. The van der Waals surface area contributed by atoms with Gasteiger partial charge in [-0.15, -0.1) is 0 Å². The summed E-state index contributed by atoms with van der Waals surface area (Å²) in [5.41, 5.74) is 8.20. The lowest BCUT2D eigenvalue weighted by Crippen LogP contribution is -2.35. The fourth-order valence-corrected chi connectivity index (χ4v) is 2.49. The molecule has 3 N–H and O–H groups in total. The highest BCUT2D eigenvalue weighted by atomic mass is 16.2. The van der Waals surface area contributed by atoms with Crippen LogP contribution in [-0.4, -0.2) is 23.4 Å². The molecule has 0 aliphatic carbocycles. The molecule has 5 nitrogen and oxygen atoms in total. The number of nitrogens with zero attached hydrogens (tertiary/aromatic N) is 1. The van der Waals surface area contributed by atoms with Crippen molar-refractivity contribution >= 4 is 17.6 Å². The van der Waals surface area contributed by atoms with E-state index < -0.39 is 5.91 Å². The van der Waals surface area contributed by atoms with Crippen molar-refractivity contribution in [3.8, 4) is 0 Å². The van der Waals surface area contributed by atoms with Crippen LogP contribution in [0.5, 0.6) is 0 Å². The van der Waals surface area contributed by atoms with Gasteiger partial charge in [0.15, 0.2) is 0 Å². The Kier molecular flexibility index (Phi) is 5.95. The molecule has 0 aromatic heterocycles. The van der Waals surface area contributed by atoms with E-state index in [1.165, 1.54) is 0 Å². The third-order valence-corrected chi connectivity index (χ3v) is 3.75. The molecule has 0 radical (unpaired) electrons. The fraction of sp³-hybridized carbons (Fsp3) is 0.263. The van der Waals surface area contributed by atoms with Crippen molar-refractivity contribution in [1.82, 2.24) is 4.90 Å². The molecule has 2 aromatic carbocycles. The summed E-state index contributed by atoms with van der Waals surface area (Å²) in [6.07, 6.45) is 0.862. The molecule has 2 rings (SSSR count). The lowest BCUT2D eigenvalue weighted by atomic mass is 10.1. The minimum absolute atomic E-state index is 0.194. The lowest BCUT2D eigenvalue weighted by molar-refractivity contribution is 0.0999. The van der Waals surface area contributed by atoms with Crippen molar-refractivity contribution in [1.29, 1.82) is 0 Å². The van der Waals surface area contributed by atoms with Crippen molar-refractivity contribution in [3.05, 3.63) is 65.2 Å². The number of amides is 3. The Morgan fingerprint density at radius 1 is 1.12 bits per heavy atom. The molecule has 3 amide bonds. The second-order valence-electron chi connectivity index (χ2n) is 5.73. The number of nitrogens with two attached hydrogens (primary N) is 1. The second-order valence-corrected chi connectivity index (χ2v) is 5.73. The van der Waals surface area contributed by atoms with Crippen molar-refractivity contribution in [2.45, 2.75) is 26.8 Å². The molecule has 0 spiro atoms. The predicted octanol–water partition coefficient (Wildman–Crippen LogP) is 3.54. The standard InChI is InChI=1S/C19H23N3O2/c1-3-11-22(13-15-7-5-4-6-8-15)19(24)21-16-10-9-14(2)17(12-16)18(20)23/h4-10,12H,3,11,13H2,1-2H3,(H2,20,23)(H,21,24). The number of nitrogens with one attached hydrogen (secondary N) is 1. The van der Waals surface area contributed by atoms with Gasteiger partial charge in [-0.2, -0.15) is 0 Å². The number of hydrogen-bond acceptors (Lipinski definition) is 2. The Morgan fingerprint density at radius 3 is 2.46 bits per heavy atom. The summed E-state index contributed by atoms with van der Waals surface area (Å²) in [5, 5.41) is 2.85. The first kappa shape index (κ1) is 17.5. The van der Waals surface area contributed by atoms with Gasteiger partial charge in [-0.05, 0) is 36.6 Å². The first-order chi connectivity index (χ1) is 11.5. The van der Waals surface area contributed by atoms with Crippen LogP contribution >= 0.6 is 0 Å². The molecule has 24 heavy (non-hydrogen) atoms. The summed E-state index contributed by atoms with van der Waals surface area (Å²) >= 11 is 0. The normalized spacial score (nSPS) is 10.2. The highest BCUT2D eigenvalue weighted by molar-refractivity contribution is 5.97. The number of hydrogen-bond donors (Lipinski definition) is 2. The monoisotopic (exact) mass is 325 g/mol. The predicted molar refractivity (Wildman–Crippen MR) is 95.9 cm³/mol. The smallest absolute Gasteiger partial charge is 0.322 e. The molecule has 0 aliphatic heterocycles. The molecule has 0 bridgehead atoms. The molecule has 0 saturated carbocycles. The van der Waals surface area contributed by atoms with Crippen LogP contribution in [0.3, 0.4) is 0 Å². The molecular weight excluding hydrogens is 302 g/mol. The molecule has 5 heteroatoms. The van der Waals surface area contributed by atoms with Crippen molar-refractivity contribution in [3.63, 3.8) is 0 Å². The SMILES string of the molecule is CCCN(Cc1ccccc1)C(=O)Nc1ccc(C)c(C(N)=O)c1. The van der Waals surface area contributed by atoms with Crippen LogP contribution in [0.1, 0.15) is 34.8 Å². The van der Waals surface area contributed by atoms with Gasteiger partial charge in [-0.1, -0.05) is 43.3 Å². The maximum atomic E-state index is 12.6. The third kappa shape index (κ3) is 4.59. The molecule has 0 unspecified atom stereocenters. The summed E-state index contributed by atoms with van der Waals surface area (Å²) in [4.78, 5) is 25.8. The first-order valence-corrected chi connectivity index (χ1v) is 8.01. The van der Waals surface area contributed by atoms with E-state index in [9.17, 15) is 9.59 Å². The number of benzene rings is 2. The molecule has 0 heterocycles. The van der Waals surface area contributed by atoms with E-state index in [1.807, 2.05) is 44.2 Å². The number of primary amides is 1. The summed E-state index contributed by atoms with van der Waals surface area (Å²) in [5.74, 6) is -0.502. The highest BCUT2D eigenvalue weighted by Gasteiger charge is 2.14. The van der Waals surface area contributed by atoms with E-state index in [0.29, 0.717) is 24.3 Å². The number of carbonyl (C=O) groups is 2. The fourth-order valence-electron chi connectivity index (χ4n) is 2.49. The van der Waals surface area contributed by atoms with E-state index in [4.69, 9.17) is 5.73 Å². The van der Waals surface area contributed by atoms with E-state index in [-0.39, 0.29) is 6.03 Å². The zero-order valence-corrected chi connectivity index (χ0v) is 14.1. The van der Waals surface area contributed by atoms with Crippen molar-refractivity contribution in [2.75, 3.05) is 11.9 Å². The first-order valence-electron chi connectivity index (χ1n) is 8.01. The molecule has 0 atom stereocenters. The summed E-state index contributed by atoms with van der Waals surface area (Å²) < 4.78 is 0. The minimum atomic E-state index is -0.502. The van der Waals surface area contributed by atoms with Crippen molar-refractivity contribution < 1.29 is 9.59 Å². The average Bonchev–Trinajstić information content (AvgIpc) is 2.57. The largest absolute Gasteiger partial charge is 0.366 e. The van der Waals surface area contributed by atoms with Gasteiger partial charge in [0.2, 0.25) is 5.91 Å². The number of carbonyl (C=O) groups excluding carboxylic acids is 2. The molecular formula is C19H23N3O2. The maximum Gasteiger partial charge on any atom is 0.322 e. The summed E-state index contributed by atoms with van der Waals surface area (Å²) in [7, 11) is 0. The van der Waals surface area contributed by atoms with Gasteiger partial charge in [0.1, 0.15) is 0 Å². The zero-order valence-electron chi connectivity index (χ0n) is 14.1. The van der Waals surface area contributed by atoms with Gasteiger partial charge in [0, 0.05) is 24.3 Å². The van der Waals surface area contributed by atoms with E-state index in [0.717, 1.165) is 17.5 Å². The zero-order chi connectivity index (χ0) is 17.5. The van der Waals surface area contributed by atoms with Crippen LogP contribution in [-0.2, 0) is 6.54 Å². The summed E-state index contributed by atoms with van der Waals surface area (Å²) in [6.45, 7) is 5.02. The molecule has 0 fully saturated rings. The molecule has 126 valence electrons. The van der Waals surface area contributed by atoms with Crippen LogP contribution in [0.25, 0.3) is 0 Å². The Hall–Kier alpha value is -2.82. The summed E-state index contributed by atoms with van der Waals surface area (Å²) in [6, 6.07) is 14.8. The lowest BCUT2D eigenvalue weighted by Gasteiger charge is -2.23. The quantitative estimate of drug-likeness (QED) is 0.852. The highest BCUT2D eigenvalue weighted by Crippen LogP contribution is 2.16. The Bertz CT molecular complexity index is 714. The van der Waals surface area contributed by atoms with Gasteiger partial charge < -0.3 is 16.0 Å². The number of rotatable bonds is 6. The third-order valence-electron chi connectivity index (χ3n) is 3.75. The maximum absolute atomic E-state index is 12.6. The average molecular weight is 325 g/mol. The van der Waals surface area contributed by atoms with E-state index in [1.54, 1.807) is 23.1 Å². The Labute approximate surface area is 142 Å². The topological polar surface area (TPSA) is 75.4 Å². The number of anilines is 1. The van der Waals surface area contributed by atoms with E-state index in [2.05, 4.69) is 5.32 Å².